The van der Waals surface area contributed by atoms with Crippen LogP contribution < -0.4 is 5.32 Å². The first kappa shape index (κ1) is 13.5. The van der Waals surface area contributed by atoms with Gasteiger partial charge in [-0.05, 0) is 29.8 Å². The summed E-state index contributed by atoms with van der Waals surface area (Å²) in [6.45, 7) is 0. The predicted molar refractivity (Wildman–Crippen MR) is 83.1 cm³/mol. The minimum atomic E-state index is -3.16. The lowest BCUT2D eigenvalue weighted by molar-refractivity contribution is 0.602. The van der Waals surface area contributed by atoms with Gasteiger partial charge in [-0.1, -0.05) is 24.3 Å². The Hall–Kier alpha value is -1.46. The van der Waals surface area contributed by atoms with Crippen LogP contribution in [0.1, 0.15) is 11.6 Å². The molecule has 0 aliphatic carbocycles. The van der Waals surface area contributed by atoms with E-state index in [-0.39, 0.29) is 6.04 Å². The lowest BCUT2D eigenvalue weighted by atomic mass is 10.1. The van der Waals surface area contributed by atoms with Gasteiger partial charge in [0.25, 0.3) is 0 Å². The van der Waals surface area contributed by atoms with Crippen molar-refractivity contribution in [2.45, 2.75) is 15.8 Å². The van der Waals surface area contributed by atoms with E-state index in [1.807, 2.05) is 30.0 Å². The van der Waals surface area contributed by atoms with E-state index in [9.17, 15) is 8.42 Å². The zero-order valence-electron chi connectivity index (χ0n) is 11.0. The Balaban J connectivity index is 1.87. The van der Waals surface area contributed by atoms with E-state index in [1.54, 1.807) is 18.2 Å². The molecule has 104 valence electrons. The molecule has 1 N–H and O–H groups in total. The monoisotopic (exact) mass is 305 g/mol. The van der Waals surface area contributed by atoms with E-state index in [0.29, 0.717) is 4.90 Å². The summed E-state index contributed by atoms with van der Waals surface area (Å²) < 4.78 is 23.2. The second-order valence-corrected chi connectivity index (χ2v) is 7.92. The van der Waals surface area contributed by atoms with E-state index < -0.39 is 9.84 Å². The number of hydrogen-bond acceptors (Lipinski definition) is 4. The summed E-state index contributed by atoms with van der Waals surface area (Å²) in [6, 6.07) is 15.5. The lowest BCUT2D eigenvalue weighted by Gasteiger charge is -2.15. The highest BCUT2D eigenvalue weighted by atomic mass is 32.2. The van der Waals surface area contributed by atoms with Crippen LogP contribution in [0.4, 0.5) is 5.69 Å². The van der Waals surface area contributed by atoms with E-state index >= 15 is 0 Å². The maximum atomic E-state index is 11.6. The van der Waals surface area contributed by atoms with Crippen LogP contribution in [0.15, 0.2) is 58.3 Å². The molecule has 0 radical (unpaired) electrons. The molecule has 1 aliphatic rings. The van der Waals surface area contributed by atoms with Crippen molar-refractivity contribution < 1.29 is 8.42 Å². The van der Waals surface area contributed by atoms with Gasteiger partial charge < -0.3 is 5.32 Å². The molecule has 0 fully saturated rings. The molecule has 0 bridgehead atoms. The van der Waals surface area contributed by atoms with E-state index in [4.69, 9.17) is 0 Å². The number of fused-ring (bicyclic) bond motifs is 1. The average molecular weight is 305 g/mol. The first-order valence-corrected chi connectivity index (χ1v) is 9.20. The molecule has 1 atom stereocenters. The lowest BCUT2D eigenvalue weighted by Crippen LogP contribution is -2.10. The normalized spacial score (nSPS) is 17.8. The number of nitrogens with one attached hydrogen (secondary N) is 1. The predicted octanol–water partition coefficient (Wildman–Crippen LogP) is 3.35. The highest BCUT2D eigenvalue weighted by molar-refractivity contribution is 7.99. The summed E-state index contributed by atoms with van der Waals surface area (Å²) in [6.07, 6.45) is 1.23. The summed E-state index contributed by atoms with van der Waals surface area (Å²) >= 11 is 1.82. The average Bonchev–Trinajstić information content (AvgIpc) is 2.82. The molecule has 1 heterocycles. The SMILES string of the molecule is CS(=O)(=O)c1cccc(NC2CSc3ccccc32)c1. The molecule has 3 nitrogen and oxygen atoms in total. The summed E-state index contributed by atoms with van der Waals surface area (Å²) in [7, 11) is -3.16. The van der Waals surface area contributed by atoms with Crippen LogP contribution in [0.3, 0.4) is 0 Å². The van der Waals surface area contributed by atoms with Crippen molar-refractivity contribution in [1.29, 1.82) is 0 Å². The standard InChI is InChI=1S/C15H15NO2S2/c1-20(17,18)12-6-4-5-11(9-12)16-14-10-19-15-8-3-2-7-13(14)15/h2-9,14,16H,10H2,1H3. The maximum absolute atomic E-state index is 11.6. The highest BCUT2D eigenvalue weighted by Gasteiger charge is 2.22. The van der Waals surface area contributed by atoms with Crippen LogP contribution in [0.2, 0.25) is 0 Å². The van der Waals surface area contributed by atoms with Crippen molar-refractivity contribution in [1.82, 2.24) is 0 Å². The maximum Gasteiger partial charge on any atom is 0.175 e. The Morgan fingerprint density at radius 1 is 1.15 bits per heavy atom. The minimum absolute atomic E-state index is 0.228. The van der Waals surface area contributed by atoms with Gasteiger partial charge in [0.15, 0.2) is 9.84 Å². The van der Waals surface area contributed by atoms with Crippen LogP contribution >= 0.6 is 11.8 Å². The fourth-order valence-electron chi connectivity index (χ4n) is 2.30. The molecule has 20 heavy (non-hydrogen) atoms. The topological polar surface area (TPSA) is 46.2 Å². The molecule has 5 heteroatoms. The molecule has 2 aromatic carbocycles. The molecule has 0 saturated heterocycles. The van der Waals surface area contributed by atoms with Crippen molar-refractivity contribution in [3.05, 3.63) is 54.1 Å². The molecule has 1 aliphatic heterocycles. The second kappa shape index (κ2) is 5.14. The van der Waals surface area contributed by atoms with Crippen LogP contribution in [0.25, 0.3) is 0 Å². The molecule has 0 saturated carbocycles. The van der Waals surface area contributed by atoms with Gasteiger partial charge in [-0.25, -0.2) is 8.42 Å². The number of hydrogen-bond donors (Lipinski definition) is 1. The zero-order chi connectivity index (χ0) is 14.2. The molecular weight excluding hydrogens is 290 g/mol. The van der Waals surface area contributed by atoms with Gasteiger partial charge in [0, 0.05) is 22.6 Å². The molecule has 2 aromatic rings. The Kier molecular flexibility index (Phi) is 3.48. The van der Waals surface area contributed by atoms with Crippen LogP contribution in [-0.2, 0) is 9.84 Å². The van der Waals surface area contributed by atoms with Crippen molar-refractivity contribution in [2.24, 2.45) is 0 Å². The van der Waals surface area contributed by atoms with Gasteiger partial charge in [-0.3, -0.25) is 0 Å². The van der Waals surface area contributed by atoms with E-state index in [2.05, 4.69) is 17.4 Å². The summed E-state index contributed by atoms with van der Waals surface area (Å²) in [5.74, 6) is 0.961. The third-order valence-corrected chi connectivity index (χ3v) is 5.60. The molecule has 0 amide bonds. The van der Waals surface area contributed by atoms with Gasteiger partial charge in [0.2, 0.25) is 0 Å². The summed E-state index contributed by atoms with van der Waals surface area (Å²) in [4.78, 5) is 1.64. The summed E-state index contributed by atoms with van der Waals surface area (Å²) in [5, 5.41) is 3.42. The molecule has 0 spiro atoms. The number of rotatable bonds is 3. The smallest absolute Gasteiger partial charge is 0.175 e. The molecular formula is C15H15NO2S2. The minimum Gasteiger partial charge on any atom is -0.377 e. The largest absolute Gasteiger partial charge is 0.377 e. The second-order valence-electron chi connectivity index (χ2n) is 4.85. The van der Waals surface area contributed by atoms with E-state index in [1.165, 1.54) is 16.7 Å². The Labute approximate surface area is 123 Å². The van der Waals surface area contributed by atoms with Gasteiger partial charge in [-0.15, -0.1) is 11.8 Å². The first-order valence-electron chi connectivity index (χ1n) is 6.32. The number of thioether (sulfide) groups is 1. The number of sulfone groups is 1. The first-order chi connectivity index (χ1) is 9.54. The third-order valence-electron chi connectivity index (χ3n) is 3.30. The van der Waals surface area contributed by atoms with Gasteiger partial charge in [0.05, 0.1) is 10.9 Å². The Bertz CT molecular complexity index is 741. The zero-order valence-corrected chi connectivity index (χ0v) is 12.7. The van der Waals surface area contributed by atoms with Crippen LogP contribution in [-0.4, -0.2) is 20.4 Å². The molecule has 3 rings (SSSR count). The Morgan fingerprint density at radius 3 is 2.75 bits per heavy atom. The summed E-state index contributed by atoms with van der Waals surface area (Å²) in [5.41, 5.74) is 2.12. The fourth-order valence-corrected chi connectivity index (χ4v) is 4.13. The van der Waals surface area contributed by atoms with Gasteiger partial charge in [0.1, 0.15) is 0 Å². The Morgan fingerprint density at radius 2 is 1.95 bits per heavy atom. The van der Waals surface area contributed by atoms with Crippen molar-refractivity contribution in [3.8, 4) is 0 Å². The number of benzene rings is 2. The van der Waals surface area contributed by atoms with Gasteiger partial charge >= 0.3 is 0 Å². The van der Waals surface area contributed by atoms with Crippen molar-refractivity contribution in [3.63, 3.8) is 0 Å². The number of anilines is 1. The van der Waals surface area contributed by atoms with Crippen LogP contribution in [0, 0.1) is 0 Å². The molecule has 0 aromatic heterocycles. The van der Waals surface area contributed by atoms with Crippen molar-refractivity contribution >= 4 is 27.3 Å². The molecule has 1 unspecified atom stereocenters. The van der Waals surface area contributed by atoms with Crippen LogP contribution in [0.5, 0.6) is 0 Å². The highest BCUT2D eigenvalue weighted by Crippen LogP contribution is 2.39. The van der Waals surface area contributed by atoms with Gasteiger partial charge in [-0.2, -0.15) is 0 Å². The third kappa shape index (κ3) is 2.69. The van der Waals surface area contributed by atoms with E-state index in [0.717, 1.165) is 11.4 Å². The fraction of sp³-hybridized carbons (Fsp3) is 0.200. The van der Waals surface area contributed by atoms with Crippen molar-refractivity contribution in [2.75, 3.05) is 17.3 Å². The quantitative estimate of drug-likeness (QED) is 0.944.